The molecule has 0 spiro atoms. The maximum atomic E-state index is 16.7. The van der Waals surface area contributed by atoms with Crippen LogP contribution in [0.4, 0.5) is 8.78 Å². The van der Waals surface area contributed by atoms with Crippen LogP contribution in [-0.4, -0.2) is 61.8 Å². The van der Waals surface area contributed by atoms with Gasteiger partial charge >= 0.3 is 5.97 Å². The van der Waals surface area contributed by atoms with Crippen molar-refractivity contribution in [2.75, 3.05) is 0 Å². The van der Waals surface area contributed by atoms with Crippen LogP contribution in [0.25, 0.3) is 0 Å². The largest absolute Gasteiger partial charge is 0.479 e. The standard InChI is InChI=1S/C20H24F2O6/c1-17-4-3-9(23)5-12(17)13(21)6-11-10-7-14(24)20(28,16(26)27)18(10,2)8-15(25)19(11,17)22/h3-5,10-11,13-15,24-25,28H,6-8H2,1-2H3,(H,26,27)/t10-,11-,13?,14+,15-,17-,18-,19-,20-/m0/s1. The Kier molecular flexibility index (Phi) is 3.86. The van der Waals surface area contributed by atoms with Crippen molar-refractivity contribution >= 4 is 11.8 Å². The summed E-state index contributed by atoms with van der Waals surface area (Å²) in [4.78, 5) is 23.6. The Morgan fingerprint density at radius 3 is 2.43 bits per heavy atom. The fraction of sp³-hybridized carbons (Fsp3) is 0.700. The minimum atomic E-state index is -2.57. The number of carbonyl (C=O) groups excluding carboxylic acids is 1. The van der Waals surface area contributed by atoms with E-state index in [1.807, 2.05) is 0 Å². The molecule has 0 aromatic rings. The van der Waals surface area contributed by atoms with Gasteiger partial charge in [0, 0.05) is 16.7 Å². The fourth-order valence-electron chi connectivity index (χ4n) is 6.60. The van der Waals surface area contributed by atoms with Crippen molar-refractivity contribution in [2.45, 2.75) is 62.8 Å². The van der Waals surface area contributed by atoms with Crippen molar-refractivity contribution in [2.24, 2.45) is 22.7 Å². The molecule has 0 aliphatic heterocycles. The van der Waals surface area contributed by atoms with Crippen LogP contribution in [0.3, 0.4) is 0 Å². The number of carbonyl (C=O) groups is 2. The third-order valence-electron chi connectivity index (χ3n) is 8.17. The van der Waals surface area contributed by atoms with E-state index in [9.17, 15) is 30.0 Å². The number of alkyl halides is 2. The van der Waals surface area contributed by atoms with E-state index >= 15 is 8.78 Å². The average Bonchev–Trinajstić information content (AvgIpc) is 2.81. The maximum absolute atomic E-state index is 16.7. The number of rotatable bonds is 1. The third-order valence-corrected chi connectivity index (χ3v) is 8.17. The van der Waals surface area contributed by atoms with Crippen LogP contribution < -0.4 is 0 Å². The first kappa shape index (κ1) is 19.7. The molecule has 3 fully saturated rings. The Labute approximate surface area is 160 Å². The molecule has 0 radical (unpaired) electrons. The first-order valence-corrected chi connectivity index (χ1v) is 9.44. The van der Waals surface area contributed by atoms with Crippen molar-refractivity contribution in [1.29, 1.82) is 0 Å². The SMILES string of the molecule is C[C@]12C=CC(=O)C=C1C(F)C[C@H]1[C@@H]3C[C@@H](O)[C@](O)(C(=O)O)[C@@]3(C)C[C@H](O)[C@@]12F. The smallest absolute Gasteiger partial charge is 0.339 e. The van der Waals surface area contributed by atoms with E-state index in [-0.39, 0.29) is 18.4 Å². The lowest BCUT2D eigenvalue weighted by atomic mass is 9.44. The number of halogens is 2. The molecule has 4 aliphatic rings. The van der Waals surface area contributed by atoms with Gasteiger partial charge in [0.05, 0.1) is 12.2 Å². The zero-order valence-electron chi connectivity index (χ0n) is 15.6. The summed E-state index contributed by atoms with van der Waals surface area (Å²) in [7, 11) is 0. The van der Waals surface area contributed by atoms with E-state index in [4.69, 9.17) is 0 Å². The zero-order chi connectivity index (χ0) is 20.9. The Morgan fingerprint density at radius 1 is 1.18 bits per heavy atom. The second-order valence-electron chi connectivity index (χ2n) is 9.18. The van der Waals surface area contributed by atoms with Crippen molar-refractivity contribution in [1.82, 2.24) is 0 Å². The van der Waals surface area contributed by atoms with Crippen LogP contribution in [0.2, 0.25) is 0 Å². The van der Waals surface area contributed by atoms with Gasteiger partial charge in [0.2, 0.25) is 0 Å². The minimum absolute atomic E-state index is 0.0338. The molecule has 0 saturated heterocycles. The molecule has 154 valence electrons. The molecule has 6 nitrogen and oxygen atoms in total. The summed E-state index contributed by atoms with van der Waals surface area (Å²) < 4.78 is 31.8. The molecule has 0 bridgehead atoms. The maximum Gasteiger partial charge on any atom is 0.339 e. The minimum Gasteiger partial charge on any atom is -0.479 e. The van der Waals surface area contributed by atoms with Crippen LogP contribution in [0.5, 0.6) is 0 Å². The van der Waals surface area contributed by atoms with Crippen molar-refractivity contribution in [3.05, 3.63) is 23.8 Å². The summed E-state index contributed by atoms with van der Waals surface area (Å²) in [5.74, 6) is -4.10. The summed E-state index contributed by atoms with van der Waals surface area (Å²) in [5, 5.41) is 41.7. The number of carboxylic acid groups (broad SMARTS) is 1. The summed E-state index contributed by atoms with van der Waals surface area (Å²) in [6.07, 6.45) is -2.52. The Hall–Kier alpha value is -1.64. The van der Waals surface area contributed by atoms with Gasteiger partial charge in [0.15, 0.2) is 17.1 Å². The van der Waals surface area contributed by atoms with Gasteiger partial charge in [-0.15, -0.1) is 0 Å². The Balaban J connectivity index is 1.88. The van der Waals surface area contributed by atoms with E-state index < -0.39 is 70.5 Å². The number of hydrogen-bond acceptors (Lipinski definition) is 5. The van der Waals surface area contributed by atoms with Crippen molar-refractivity contribution < 1.29 is 38.8 Å². The third kappa shape index (κ3) is 1.91. The molecule has 4 aliphatic carbocycles. The molecule has 0 heterocycles. The number of carboxylic acids is 1. The van der Waals surface area contributed by atoms with E-state index in [1.54, 1.807) is 0 Å². The summed E-state index contributed by atoms with van der Waals surface area (Å²) in [6, 6.07) is 0. The lowest BCUT2D eigenvalue weighted by Gasteiger charge is -2.62. The summed E-state index contributed by atoms with van der Waals surface area (Å²) >= 11 is 0. The number of fused-ring (bicyclic) bond motifs is 5. The molecule has 1 unspecified atom stereocenters. The number of aliphatic hydroxyl groups is 3. The molecule has 8 heteroatoms. The number of ketones is 1. The molecular formula is C20H24F2O6. The first-order chi connectivity index (χ1) is 12.8. The molecule has 4 N–H and O–H groups in total. The quantitative estimate of drug-likeness (QED) is 0.526. The van der Waals surface area contributed by atoms with Gasteiger partial charge in [-0.2, -0.15) is 0 Å². The monoisotopic (exact) mass is 398 g/mol. The predicted octanol–water partition coefficient (Wildman–Crippen LogP) is 1.09. The van der Waals surface area contributed by atoms with Crippen LogP contribution >= 0.6 is 0 Å². The molecule has 4 rings (SSSR count). The molecule has 3 saturated carbocycles. The highest BCUT2D eigenvalue weighted by atomic mass is 19.1. The highest BCUT2D eigenvalue weighted by molar-refractivity contribution is 6.01. The van der Waals surface area contributed by atoms with E-state index in [2.05, 4.69) is 0 Å². The number of aliphatic hydroxyl groups excluding tert-OH is 2. The van der Waals surface area contributed by atoms with Gasteiger partial charge < -0.3 is 20.4 Å². The van der Waals surface area contributed by atoms with Gasteiger partial charge in [-0.25, -0.2) is 13.6 Å². The lowest BCUT2D eigenvalue weighted by Crippen LogP contribution is -2.70. The summed E-state index contributed by atoms with van der Waals surface area (Å²) in [6.45, 7) is 2.84. The van der Waals surface area contributed by atoms with E-state index in [1.165, 1.54) is 19.9 Å². The van der Waals surface area contributed by atoms with Gasteiger partial charge in [-0.05, 0) is 49.8 Å². The lowest BCUT2D eigenvalue weighted by molar-refractivity contribution is -0.232. The molecule has 0 aromatic heterocycles. The molecule has 28 heavy (non-hydrogen) atoms. The molecule has 0 amide bonds. The first-order valence-electron chi connectivity index (χ1n) is 9.44. The highest BCUT2D eigenvalue weighted by Gasteiger charge is 2.77. The fourth-order valence-corrected chi connectivity index (χ4v) is 6.60. The number of aliphatic carboxylic acids is 1. The highest BCUT2D eigenvalue weighted by Crippen LogP contribution is 2.69. The van der Waals surface area contributed by atoms with E-state index in [0.29, 0.717) is 0 Å². The topological polar surface area (TPSA) is 115 Å². The van der Waals surface area contributed by atoms with Crippen LogP contribution in [0.1, 0.15) is 33.1 Å². The van der Waals surface area contributed by atoms with Gasteiger partial charge in [-0.1, -0.05) is 13.0 Å². The van der Waals surface area contributed by atoms with Gasteiger partial charge in [0.25, 0.3) is 0 Å². The van der Waals surface area contributed by atoms with Crippen LogP contribution in [0, 0.1) is 22.7 Å². The van der Waals surface area contributed by atoms with Gasteiger partial charge in [-0.3, -0.25) is 4.79 Å². The van der Waals surface area contributed by atoms with Crippen molar-refractivity contribution in [3.63, 3.8) is 0 Å². The zero-order valence-corrected chi connectivity index (χ0v) is 15.6. The second kappa shape index (κ2) is 5.49. The number of hydrogen-bond donors (Lipinski definition) is 4. The predicted molar refractivity (Wildman–Crippen MR) is 92.6 cm³/mol. The normalized spacial score (nSPS) is 55.2. The summed E-state index contributed by atoms with van der Waals surface area (Å²) in [5.41, 5.74) is -8.09. The van der Waals surface area contributed by atoms with Crippen molar-refractivity contribution in [3.8, 4) is 0 Å². The Bertz CT molecular complexity index is 826. The van der Waals surface area contributed by atoms with Crippen LogP contribution in [-0.2, 0) is 9.59 Å². The van der Waals surface area contributed by atoms with Crippen LogP contribution in [0.15, 0.2) is 23.8 Å². The Morgan fingerprint density at radius 2 is 1.82 bits per heavy atom. The molecule has 0 aromatic carbocycles. The number of allylic oxidation sites excluding steroid dienone is 4. The molecular weight excluding hydrogens is 374 g/mol. The second-order valence-corrected chi connectivity index (χ2v) is 9.18. The average molecular weight is 398 g/mol. The van der Waals surface area contributed by atoms with E-state index in [0.717, 1.165) is 12.2 Å². The van der Waals surface area contributed by atoms with Gasteiger partial charge in [0.1, 0.15) is 6.17 Å². The molecule has 9 atom stereocenters.